The maximum atomic E-state index is 13.2. The Labute approximate surface area is 651 Å². The second-order valence-corrected chi connectivity index (χ2v) is 34.7. The van der Waals surface area contributed by atoms with E-state index in [1.165, 1.54) is 289 Å². The van der Waals surface area contributed by atoms with Gasteiger partial charge in [0.15, 0.2) is 12.2 Å². The third-order valence-electron chi connectivity index (χ3n) is 20.5. The minimum absolute atomic E-state index is 0.108. The molecule has 0 saturated heterocycles. The lowest BCUT2D eigenvalue weighted by Crippen LogP contribution is -2.30. The Morgan fingerprint density at radius 1 is 0.255 bits per heavy atom. The van der Waals surface area contributed by atoms with Gasteiger partial charge in [-0.3, -0.25) is 37.3 Å². The molecule has 0 aliphatic carbocycles. The van der Waals surface area contributed by atoms with Crippen LogP contribution in [0.3, 0.4) is 0 Å². The molecule has 0 spiro atoms. The highest BCUT2D eigenvalue weighted by Crippen LogP contribution is 2.45. The number of hydrogen-bond acceptors (Lipinski definition) is 15. The van der Waals surface area contributed by atoms with Crippen molar-refractivity contribution in [3.05, 3.63) is 0 Å². The van der Waals surface area contributed by atoms with E-state index in [4.69, 9.17) is 37.0 Å². The summed E-state index contributed by atoms with van der Waals surface area (Å²) in [4.78, 5) is 73.2. The number of aliphatic hydroxyl groups excluding tert-OH is 1. The molecule has 0 aromatic carbocycles. The number of rotatable bonds is 87. The Hall–Kier alpha value is -1.94. The summed E-state index contributed by atoms with van der Waals surface area (Å²) < 4.78 is 68.9. The largest absolute Gasteiger partial charge is 0.472 e. The fraction of sp³-hybridized carbons (Fsp3) is 0.954. The van der Waals surface area contributed by atoms with E-state index in [1.807, 2.05) is 0 Å². The summed E-state index contributed by atoms with van der Waals surface area (Å²) in [6, 6.07) is 0. The van der Waals surface area contributed by atoms with Gasteiger partial charge in [0.25, 0.3) is 0 Å². The first-order chi connectivity index (χ1) is 51.5. The van der Waals surface area contributed by atoms with E-state index in [0.29, 0.717) is 31.6 Å². The molecular weight excluding hydrogens is 1380 g/mol. The van der Waals surface area contributed by atoms with Crippen LogP contribution in [0.15, 0.2) is 0 Å². The van der Waals surface area contributed by atoms with Crippen molar-refractivity contribution < 1.29 is 80.2 Å². The Kier molecular flexibility index (Phi) is 78.2. The standard InChI is InChI=1S/C87H170O17P2/c1-6-9-12-15-18-21-24-27-30-33-35-37-40-42-45-48-51-54-60-65-70-84(89)97-76-82(103-86(91)72-67-63-56-53-50-47-44-41-38-36-34-31-28-25-22-19-16-13-10-7-2)78-101-105(93,94)99-74-81(88)75-100-106(95,96)102-79-83(77-98-85(90)71-66-61-58-57-59-64-69-80(4)5)104-87(92)73-68-62-55-52-49-46-43-39-32-29-26-23-20-17-14-11-8-3/h80-83,88H,6-79H2,1-5H3,(H,93,94)(H,95,96)/t81-,82-,83-/m1/s1. The highest BCUT2D eigenvalue weighted by atomic mass is 31.2. The van der Waals surface area contributed by atoms with E-state index in [-0.39, 0.29) is 25.7 Å². The van der Waals surface area contributed by atoms with Crippen molar-refractivity contribution in [2.24, 2.45) is 5.92 Å². The Balaban J connectivity index is 5.20. The highest BCUT2D eigenvalue weighted by molar-refractivity contribution is 7.47. The molecule has 5 atom stereocenters. The zero-order valence-corrected chi connectivity index (χ0v) is 71.4. The normalized spacial score (nSPS) is 13.7. The molecule has 0 aliphatic rings. The smallest absolute Gasteiger partial charge is 0.462 e. The number of carbonyl (C=O) groups excluding carboxylic acids is 4. The van der Waals surface area contributed by atoms with E-state index in [1.54, 1.807) is 0 Å². The zero-order valence-electron chi connectivity index (χ0n) is 69.6. The summed E-state index contributed by atoms with van der Waals surface area (Å²) in [5.74, 6) is -1.42. The average molecular weight is 1550 g/mol. The van der Waals surface area contributed by atoms with Gasteiger partial charge in [-0.2, -0.15) is 0 Å². The quantitative estimate of drug-likeness (QED) is 0.0222. The molecule has 0 aliphatic heterocycles. The number of ether oxygens (including phenoxy) is 4. The molecule has 0 saturated carbocycles. The molecule has 0 aromatic rings. The third kappa shape index (κ3) is 80.1. The fourth-order valence-electron chi connectivity index (χ4n) is 13.6. The van der Waals surface area contributed by atoms with Gasteiger partial charge in [0.2, 0.25) is 0 Å². The lowest BCUT2D eigenvalue weighted by atomic mass is 10.0. The number of phosphoric acid groups is 2. The summed E-state index contributed by atoms with van der Waals surface area (Å²) in [7, 11) is -9.93. The molecule has 0 radical (unpaired) electrons. The first-order valence-electron chi connectivity index (χ1n) is 45.1. The van der Waals surface area contributed by atoms with Crippen LogP contribution in [-0.4, -0.2) is 96.7 Å². The summed E-state index contributed by atoms with van der Waals surface area (Å²) in [6.07, 6.45) is 73.9. The van der Waals surface area contributed by atoms with Gasteiger partial charge in [-0.05, 0) is 31.6 Å². The average Bonchev–Trinajstić information content (AvgIpc) is 0.907. The predicted octanol–water partition coefficient (Wildman–Crippen LogP) is 26.8. The highest BCUT2D eigenvalue weighted by Gasteiger charge is 2.30. The van der Waals surface area contributed by atoms with Gasteiger partial charge in [-0.15, -0.1) is 0 Å². The van der Waals surface area contributed by atoms with Crippen LogP contribution < -0.4 is 0 Å². The lowest BCUT2D eigenvalue weighted by molar-refractivity contribution is -0.161. The van der Waals surface area contributed by atoms with Gasteiger partial charge in [-0.25, -0.2) is 9.13 Å². The molecule has 3 N–H and O–H groups in total. The van der Waals surface area contributed by atoms with Gasteiger partial charge >= 0.3 is 39.5 Å². The van der Waals surface area contributed by atoms with E-state index in [2.05, 4.69) is 34.6 Å². The van der Waals surface area contributed by atoms with Crippen LogP contribution >= 0.6 is 15.6 Å². The summed E-state index contributed by atoms with van der Waals surface area (Å²) >= 11 is 0. The number of carbonyl (C=O) groups is 4. The molecule has 0 heterocycles. The van der Waals surface area contributed by atoms with Crippen molar-refractivity contribution in [3.8, 4) is 0 Å². The van der Waals surface area contributed by atoms with Crippen molar-refractivity contribution >= 4 is 39.5 Å². The van der Waals surface area contributed by atoms with E-state index < -0.39 is 97.5 Å². The molecule has 19 heteroatoms. The van der Waals surface area contributed by atoms with Crippen LogP contribution in [-0.2, 0) is 65.4 Å². The molecule has 0 rings (SSSR count). The first-order valence-corrected chi connectivity index (χ1v) is 48.1. The fourth-order valence-corrected chi connectivity index (χ4v) is 15.2. The minimum Gasteiger partial charge on any atom is -0.462 e. The number of hydrogen-bond donors (Lipinski definition) is 3. The van der Waals surface area contributed by atoms with Crippen molar-refractivity contribution in [3.63, 3.8) is 0 Å². The monoisotopic (exact) mass is 1550 g/mol. The number of aliphatic hydroxyl groups is 1. The Morgan fingerprint density at radius 2 is 0.434 bits per heavy atom. The van der Waals surface area contributed by atoms with E-state index in [0.717, 1.165) is 96.3 Å². The van der Waals surface area contributed by atoms with Gasteiger partial charge in [-0.1, -0.05) is 420 Å². The van der Waals surface area contributed by atoms with Crippen molar-refractivity contribution in [2.75, 3.05) is 39.6 Å². The van der Waals surface area contributed by atoms with Crippen LogP contribution in [0.5, 0.6) is 0 Å². The van der Waals surface area contributed by atoms with E-state index >= 15 is 0 Å². The topological polar surface area (TPSA) is 237 Å². The summed E-state index contributed by atoms with van der Waals surface area (Å²) in [5, 5.41) is 10.7. The van der Waals surface area contributed by atoms with Gasteiger partial charge in [0.05, 0.1) is 26.4 Å². The van der Waals surface area contributed by atoms with Crippen molar-refractivity contribution in [1.29, 1.82) is 0 Å². The van der Waals surface area contributed by atoms with Crippen molar-refractivity contribution in [1.82, 2.24) is 0 Å². The van der Waals surface area contributed by atoms with Gasteiger partial charge in [0.1, 0.15) is 19.3 Å². The van der Waals surface area contributed by atoms with Gasteiger partial charge in [0, 0.05) is 25.7 Å². The molecular formula is C87H170O17P2. The molecule has 0 fully saturated rings. The SMILES string of the molecule is CCCCCCCCCCCCCCCCCCCCCCC(=O)OC[C@H](COP(=O)(O)OC[C@@H](O)COP(=O)(O)OC[C@@H](COC(=O)CCCCCCCCC(C)C)OC(=O)CCCCCCCCCCCCCCCCCCC)OC(=O)CCCCCCCCCCCCCCCCCCCCCC. The molecule has 0 aromatic heterocycles. The predicted molar refractivity (Wildman–Crippen MR) is 437 cm³/mol. The number of unbranched alkanes of at least 4 members (excludes halogenated alkanes) is 59. The second kappa shape index (κ2) is 79.7. The molecule has 0 amide bonds. The molecule has 2 unspecified atom stereocenters. The zero-order chi connectivity index (χ0) is 77.6. The van der Waals surface area contributed by atoms with Crippen molar-refractivity contribution in [2.45, 2.75) is 490 Å². The molecule has 17 nitrogen and oxygen atoms in total. The molecule has 630 valence electrons. The minimum atomic E-state index is -4.97. The summed E-state index contributed by atoms with van der Waals surface area (Å²) in [5.41, 5.74) is 0. The van der Waals surface area contributed by atoms with Crippen LogP contribution in [0.25, 0.3) is 0 Å². The Bertz CT molecular complexity index is 2010. The first kappa shape index (κ1) is 104. The van der Waals surface area contributed by atoms with Crippen LogP contribution in [0, 0.1) is 5.92 Å². The second-order valence-electron chi connectivity index (χ2n) is 31.8. The van der Waals surface area contributed by atoms with E-state index in [9.17, 15) is 43.2 Å². The number of phosphoric ester groups is 2. The lowest BCUT2D eigenvalue weighted by Gasteiger charge is -2.21. The Morgan fingerprint density at radius 3 is 0.642 bits per heavy atom. The summed E-state index contributed by atoms with van der Waals surface area (Å²) in [6.45, 7) is 7.29. The van der Waals surface area contributed by atoms with Crippen LogP contribution in [0.4, 0.5) is 0 Å². The number of esters is 4. The third-order valence-corrected chi connectivity index (χ3v) is 22.4. The van der Waals surface area contributed by atoms with Crippen LogP contribution in [0.1, 0.15) is 471 Å². The van der Waals surface area contributed by atoms with Gasteiger partial charge < -0.3 is 33.8 Å². The molecule has 106 heavy (non-hydrogen) atoms. The molecule has 0 bridgehead atoms. The maximum Gasteiger partial charge on any atom is 0.472 e. The van der Waals surface area contributed by atoms with Crippen LogP contribution in [0.2, 0.25) is 0 Å². The maximum absolute atomic E-state index is 13.2.